The number of hydrogen-bond donors (Lipinski definition) is 0. The lowest BCUT2D eigenvalue weighted by Crippen LogP contribution is -2.47. The number of alkyl halides is 3. The summed E-state index contributed by atoms with van der Waals surface area (Å²) in [6.07, 6.45) is -7.75. The van der Waals surface area contributed by atoms with E-state index in [1.54, 1.807) is 27.7 Å². The second kappa shape index (κ2) is 11.5. The van der Waals surface area contributed by atoms with Gasteiger partial charge in [0.2, 0.25) is 12.1 Å². The Hall–Kier alpha value is -3.22. The van der Waals surface area contributed by atoms with Crippen molar-refractivity contribution in [3.63, 3.8) is 0 Å². The highest BCUT2D eigenvalue weighted by atomic mass is 35.5. The Labute approximate surface area is 254 Å². The van der Waals surface area contributed by atoms with Gasteiger partial charge in [0.15, 0.2) is 0 Å². The largest absolute Gasteiger partial charge is 0.482 e. The number of benzene rings is 2. The molecule has 0 radical (unpaired) electrons. The van der Waals surface area contributed by atoms with Gasteiger partial charge in [0.1, 0.15) is 5.60 Å². The summed E-state index contributed by atoms with van der Waals surface area (Å²) in [6, 6.07) is 6.29. The Kier molecular flexibility index (Phi) is 8.65. The molecule has 0 saturated heterocycles. The number of rotatable bonds is 4. The lowest BCUT2D eigenvalue weighted by molar-refractivity contribution is -0.275. The van der Waals surface area contributed by atoms with Crippen molar-refractivity contribution in [1.82, 2.24) is 4.90 Å². The fourth-order valence-electron chi connectivity index (χ4n) is 4.31. The molecule has 0 aromatic heterocycles. The van der Waals surface area contributed by atoms with Gasteiger partial charge in [-0.15, -0.1) is 0 Å². The highest BCUT2D eigenvalue weighted by Gasteiger charge is 2.62. The molecule has 2 heterocycles. The van der Waals surface area contributed by atoms with E-state index >= 15 is 0 Å². The van der Waals surface area contributed by atoms with Crippen LogP contribution in [-0.4, -0.2) is 53.6 Å². The van der Waals surface area contributed by atoms with Gasteiger partial charge in [0, 0.05) is 17.5 Å². The first-order valence-electron chi connectivity index (χ1n) is 12.4. The molecule has 15 heteroatoms. The normalized spacial score (nSPS) is 20.3. The monoisotopic (exact) mass is 649 g/mol. The molecule has 0 aliphatic carbocycles. The first-order valence-corrected chi connectivity index (χ1v) is 13.5. The molecule has 2 aliphatic rings. The van der Waals surface area contributed by atoms with Crippen molar-refractivity contribution >= 4 is 58.4 Å². The zero-order valence-corrected chi connectivity index (χ0v) is 25.2. The Morgan fingerprint density at radius 2 is 1.71 bits per heavy atom. The molecule has 2 aromatic carbocycles. The highest BCUT2D eigenvalue weighted by Crippen LogP contribution is 2.50. The number of carbonyl (C=O) groups excluding carboxylic acids is 2. The predicted octanol–water partition coefficient (Wildman–Crippen LogP) is 7.62. The summed E-state index contributed by atoms with van der Waals surface area (Å²) in [7, 11) is 1.37. The molecular formula is C27H25Cl3F3N3O6. The lowest BCUT2D eigenvalue weighted by Gasteiger charge is -2.30. The van der Waals surface area contributed by atoms with E-state index in [0.29, 0.717) is 5.56 Å². The molecule has 0 bridgehead atoms. The van der Waals surface area contributed by atoms with E-state index in [2.05, 4.69) is 10.3 Å². The Balaban J connectivity index is 1.64. The van der Waals surface area contributed by atoms with Crippen molar-refractivity contribution in [3.05, 3.63) is 67.7 Å². The van der Waals surface area contributed by atoms with Gasteiger partial charge in [0.05, 0.1) is 34.3 Å². The van der Waals surface area contributed by atoms with Crippen LogP contribution in [-0.2, 0) is 24.7 Å². The molecule has 0 N–H and O–H groups in total. The van der Waals surface area contributed by atoms with E-state index in [4.69, 9.17) is 54.0 Å². The van der Waals surface area contributed by atoms with Crippen molar-refractivity contribution in [1.29, 1.82) is 0 Å². The number of imide groups is 1. The number of carbonyl (C=O) groups is 2. The van der Waals surface area contributed by atoms with Gasteiger partial charge in [-0.25, -0.2) is 9.69 Å². The van der Waals surface area contributed by atoms with Gasteiger partial charge in [-0.1, -0.05) is 46.0 Å². The first kappa shape index (κ1) is 31.7. The summed E-state index contributed by atoms with van der Waals surface area (Å²) < 4.78 is 53.8. The molecule has 2 amide bonds. The minimum absolute atomic E-state index is 0.00891. The fourth-order valence-corrected chi connectivity index (χ4v) is 4.90. The smallest absolute Gasteiger partial charge is 0.435 e. The third-order valence-corrected chi connectivity index (χ3v) is 7.58. The summed E-state index contributed by atoms with van der Waals surface area (Å²) in [6.45, 7) is 6.47. The topological polar surface area (TPSA) is 99.0 Å². The summed E-state index contributed by atoms with van der Waals surface area (Å²) in [5.41, 5.74) is -3.57. The molecule has 2 aromatic rings. The molecule has 226 valence electrons. The van der Waals surface area contributed by atoms with Crippen LogP contribution in [0.15, 0.2) is 40.6 Å². The van der Waals surface area contributed by atoms with Crippen molar-refractivity contribution in [2.24, 2.45) is 10.3 Å². The average molecular weight is 651 g/mol. The Morgan fingerprint density at radius 3 is 2.24 bits per heavy atom. The van der Waals surface area contributed by atoms with Crippen LogP contribution < -0.4 is 0 Å². The van der Waals surface area contributed by atoms with Crippen molar-refractivity contribution in [3.8, 4) is 0 Å². The minimum Gasteiger partial charge on any atom is -0.482 e. The van der Waals surface area contributed by atoms with Crippen LogP contribution in [0.1, 0.15) is 60.7 Å². The SMILES string of the molecule is COC1=NO[C@H](N(C(=O)OC(C)(C)C)C(=O)c2ccc(C3=NOC(c4cc(Cl)c(Cl)c(Cl)c4)(C(F)(F)F)C3)cc2C)C1. The van der Waals surface area contributed by atoms with E-state index in [1.807, 2.05) is 0 Å². The summed E-state index contributed by atoms with van der Waals surface area (Å²) in [5.74, 6) is -0.602. The number of aryl methyl sites for hydroxylation is 1. The van der Waals surface area contributed by atoms with Crippen LogP contribution in [0.5, 0.6) is 0 Å². The first-order chi connectivity index (χ1) is 19.5. The fraction of sp³-hybridized carbons (Fsp3) is 0.407. The van der Waals surface area contributed by atoms with Crippen LogP contribution in [0.3, 0.4) is 0 Å². The summed E-state index contributed by atoms with van der Waals surface area (Å²) in [5, 5.41) is 7.01. The molecule has 2 aliphatic heterocycles. The second-order valence-electron chi connectivity index (χ2n) is 10.5. The third-order valence-electron chi connectivity index (χ3n) is 6.38. The zero-order valence-electron chi connectivity index (χ0n) is 22.9. The number of nitrogens with zero attached hydrogens (tertiary/aromatic N) is 3. The second-order valence-corrected chi connectivity index (χ2v) is 11.7. The Morgan fingerprint density at radius 1 is 1.07 bits per heavy atom. The van der Waals surface area contributed by atoms with E-state index in [0.717, 1.165) is 17.0 Å². The maximum Gasteiger partial charge on any atom is 0.435 e. The number of oxime groups is 2. The molecule has 0 saturated carbocycles. The molecule has 4 rings (SSSR count). The van der Waals surface area contributed by atoms with Crippen LogP contribution in [0.25, 0.3) is 0 Å². The number of halogens is 6. The molecule has 2 atom stereocenters. The van der Waals surface area contributed by atoms with Crippen molar-refractivity contribution in [2.45, 2.75) is 64.1 Å². The Bertz CT molecular complexity index is 1470. The number of hydrogen-bond acceptors (Lipinski definition) is 8. The third kappa shape index (κ3) is 6.11. The van der Waals surface area contributed by atoms with Crippen LogP contribution >= 0.6 is 34.8 Å². The van der Waals surface area contributed by atoms with Gasteiger partial charge in [-0.2, -0.15) is 13.2 Å². The molecule has 9 nitrogen and oxygen atoms in total. The standard InChI is InChI=1S/C27H25Cl3F3N3O6/c1-13-8-14(19-12-26(42-34-19,27(31,32)33)15-9-17(28)22(30)18(29)10-15)6-7-16(13)23(37)36(24(38)40-25(2,3)4)21-11-20(39-5)35-41-21/h6-10,21H,11-12H2,1-5H3/t21-,26?/m0/s1. The van der Waals surface area contributed by atoms with E-state index < -0.39 is 42.0 Å². The molecule has 1 unspecified atom stereocenters. The quantitative estimate of drug-likeness (QED) is 0.316. The predicted molar refractivity (Wildman–Crippen MR) is 149 cm³/mol. The summed E-state index contributed by atoms with van der Waals surface area (Å²) >= 11 is 17.9. The molecule has 0 fully saturated rings. The number of amides is 2. The molecular weight excluding hydrogens is 626 g/mol. The van der Waals surface area contributed by atoms with Gasteiger partial charge < -0.3 is 19.1 Å². The van der Waals surface area contributed by atoms with Gasteiger partial charge >= 0.3 is 12.3 Å². The average Bonchev–Trinajstić information content (AvgIpc) is 3.54. The summed E-state index contributed by atoms with van der Waals surface area (Å²) in [4.78, 5) is 37.8. The molecule has 42 heavy (non-hydrogen) atoms. The minimum atomic E-state index is -4.91. The van der Waals surface area contributed by atoms with Crippen LogP contribution in [0, 0.1) is 6.92 Å². The van der Waals surface area contributed by atoms with Crippen LogP contribution in [0.4, 0.5) is 18.0 Å². The number of methoxy groups -OCH3 is 1. The highest BCUT2D eigenvalue weighted by molar-refractivity contribution is 6.48. The lowest BCUT2D eigenvalue weighted by atomic mass is 9.86. The molecule has 0 spiro atoms. The maximum absolute atomic E-state index is 14.4. The van der Waals surface area contributed by atoms with Crippen molar-refractivity contribution < 1.29 is 41.9 Å². The van der Waals surface area contributed by atoms with E-state index in [1.165, 1.54) is 25.3 Å². The number of ether oxygens (including phenoxy) is 2. The van der Waals surface area contributed by atoms with Gasteiger partial charge in [0.25, 0.3) is 11.5 Å². The van der Waals surface area contributed by atoms with Crippen LogP contribution in [0.2, 0.25) is 15.1 Å². The van der Waals surface area contributed by atoms with E-state index in [9.17, 15) is 22.8 Å². The van der Waals surface area contributed by atoms with E-state index in [-0.39, 0.29) is 49.8 Å². The maximum atomic E-state index is 14.4. The van der Waals surface area contributed by atoms with Crippen molar-refractivity contribution in [2.75, 3.05) is 7.11 Å². The zero-order chi connectivity index (χ0) is 31.2. The van der Waals surface area contributed by atoms with Gasteiger partial charge in [-0.05, 0) is 68.2 Å². The van der Waals surface area contributed by atoms with Gasteiger partial charge in [-0.3, -0.25) is 4.79 Å².